The van der Waals surface area contributed by atoms with E-state index in [9.17, 15) is 18.4 Å². The molecular weight excluding hydrogens is 307 g/mol. The molecule has 0 aliphatic heterocycles. The van der Waals surface area contributed by atoms with Crippen LogP contribution in [0.2, 0.25) is 0 Å². The van der Waals surface area contributed by atoms with Crippen molar-refractivity contribution in [3.8, 4) is 6.07 Å². The van der Waals surface area contributed by atoms with E-state index in [0.29, 0.717) is 22.9 Å². The quantitative estimate of drug-likeness (QED) is 0.735. The number of nitrogens with zero attached hydrogens (tertiary/aromatic N) is 1. The molecule has 5 heteroatoms. The van der Waals surface area contributed by atoms with Crippen molar-refractivity contribution in [3.63, 3.8) is 0 Å². The van der Waals surface area contributed by atoms with E-state index < -0.39 is 17.2 Å². The van der Waals surface area contributed by atoms with Gasteiger partial charge in [0, 0.05) is 4.47 Å². The van der Waals surface area contributed by atoms with Crippen LogP contribution in [0.4, 0.5) is 13.2 Å². The average Bonchev–Trinajstić information content (AvgIpc) is 2.20. The molecule has 1 fully saturated rings. The highest BCUT2D eigenvalue weighted by atomic mass is 79.9. The molecule has 96 valence electrons. The molecule has 18 heavy (non-hydrogen) atoms. The molecular formula is C13H11BrF3N. The number of rotatable bonds is 1. The number of benzene rings is 1. The van der Waals surface area contributed by atoms with Crippen molar-refractivity contribution >= 4 is 15.9 Å². The Labute approximate surface area is 112 Å². The molecule has 0 radical (unpaired) electrons. The standard InChI is InChI=1S/C13H11BrF3N/c1-8-5-10(12(7-18)3-2-4-12)11(14)6-9(8)13(15,16)17/h5-6H,2-4H2,1H3. The SMILES string of the molecule is Cc1cc(C2(C#N)CCC2)c(Br)cc1C(F)(F)F. The van der Waals surface area contributed by atoms with Crippen LogP contribution in [0.1, 0.15) is 36.0 Å². The number of hydrogen-bond donors (Lipinski definition) is 0. The molecule has 1 aromatic carbocycles. The predicted molar refractivity (Wildman–Crippen MR) is 65.0 cm³/mol. The van der Waals surface area contributed by atoms with Crippen molar-refractivity contribution in [1.82, 2.24) is 0 Å². The summed E-state index contributed by atoms with van der Waals surface area (Å²) in [5.74, 6) is 0. The minimum atomic E-state index is -4.36. The van der Waals surface area contributed by atoms with Crippen molar-refractivity contribution in [2.24, 2.45) is 0 Å². The van der Waals surface area contributed by atoms with Crippen molar-refractivity contribution < 1.29 is 13.2 Å². The van der Waals surface area contributed by atoms with Gasteiger partial charge in [0.2, 0.25) is 0 Å². The van der Waals surface area contributed by atoms with Crippen LogP contribution >= 0.6 is 15.9 Å². The Kier molecular flexibility index (Phi) is 3.18. The summed E-state index contributed by atoms with van der Waals surface area (Å²) in [6.45, 7) is 1.43. The molecule has 0 saturated heterocycles. The molecule has 1 saturated carbocycles. The van der Waals surface area contributed by atoms with Gasteiger partial charge in [-0.2, -0.15) is 18.4 Å². The molecule has 0 N–H and O–H groups in total. The fourth-order valence-electron chi connectivity index (χ4n) is 2.33. The molecule has 0 aromatic heterocycles. The third kappa shape index (κ3) is 2.03. The van der Waals surface area contributed by atoms with Crippen molar-refractivity contribution in [2.75, 3.05) is 0 Å². The molecule has 1 aliphatic rings. The Balaban J connectivity index is 2.54. The Bertz CT molecular complexity index is 524. The minimum Gasteiger partial charge on any atom is -0.197 e. The van der Waals surface area contributed by atoms with Gasteiger partial charge in [-0.1, -0.05) is 22.0 Å². The third-order valence-electron chi connectivity index (χ3n) is 3.56. The van der Waals surface area contributed by atoms with Crippen molar-refractivity contribution in [1.29, 1.82) is 5.26 Å². The van der Waals surface area contributed by atoms with E-state index in [-0.39, 0.29) is 5.56 Å². The molecule has 1 aliphatic carbocycles. The van der Waals surface area contributed by atoms with E-state index in [0.717, 1.165) is 12.5 Å². The van der Waals surface area contributed by atoms with Crippen LogP contribution in [-0.2, 0) is 11.6 Å². The Morgan fingerprint density at radius 2 is 1.94 bits per heavy atom. The number of hydrogen-bond acceptors (Lipinski definition) is 1. The zero-order valence-electron chi connectivity index (χ0n) is 9.74. The maximum Gasteiger partial charge on any atom is 0.416 e. The lowest BCUT2D eigenvalue weighted by molar-refractivity contribution is -0.138. The van der Waals surface area contributed by atoms with Gasteiger partial charge in [-0.15, -0.1) is 0 Å². The van der Waals surface area contributed by atoms with E-state index in [2.05, 4.69) is 22.0 Å². The maximum absolute atomic E-state index is 12.7. The van der Waals surface area contributed by atoms with Gasteiger partial charge in [-0.05, 0) is 43.4 Å². The van der Waals surface area contributed by atoms with E-state index >= 15 is 0 Å². The maximum atomic E-state index is 12.7. The second-order valence-electron chi connectivity index (χ2n) is 4.69. The lowest BCUT2D eigenvalue weighted by Gasteiger charge is -2.36. The van der Waals surface area contributed by atoms with Crippen molar-refractivity contribution in [3.05, 3.63) is 33.3 Å². The van der Waals surface area contributed by atoms with Gasteiger partial charge in [0.25, 0.3) is 0 Å². The summed E-state index contributed by atoms with van der Waals surface area (Å²) in [5.41, 5.74) is -0.400. The average molecular weight is 318 g/mol. The molecule has 2 rings (SSSR count). The van der Waals surface area contributed by atoms with Crippen LogP contribution in [0.5, 0.6) is 0 Å². The highest BCUT2D eigenvalue weighted by Crippen LogP contribution is 2.47. The molecule has 0 amide bonds. The van der Waals surface area contributed by atoms with E-state index in [1.54, 1.807) is 0 Å². The first kappa shape index (κ1) is 13.4. The summed E-state index contributed by atoms with van der Waals surface area (Å²) in [6.07, 6.45) is -1.98. The Morgan fingerprint density at radius 1 is 1.33 bits per heavy atom. The molecule has 0 spiro atoms. The number of aryl methyl sites for hydroxylation is 1. The zero-order chi connectivity index (χ0) is 13.6. The summed E-state index contributed by atoms with van der Waals surface area (Å²) in [4.78, 5) is 0. The normalized spacial score (nSPS) is 18.0. The molecule has 0 bridgehead atoms. The first-order valence-corrected chi connectivity index (χ1v) is 6.38. The molecule has 1 nitrogen and oxygen atoms in total. The van der Waals surface area contributed by atoms with E-state index in [1.807, 2.05) is 0 Å². The van der Waals surface area contributed by atoms with Gasteiger partial charge in [-0.3, -0.25) is 0 Å². The Morgan fingerprint density at radius 3 is 2.33 bits per heavy atom. The number of halogens is 4. The number of alkyl halides is 3. The van der Waals surface area contributed by atoms with E-state index in [1.165, 1.54) is 13.0 Å². The van der Waals surface area contributed by atoms with Crippen LogP contribution in [0, 0.1) is 18.3 Å². The zero-order valence-corrected chi connectivity index (χ0v) is 11.3. The van der Waals surface area contributed by atoms with Gasteiger partial charge in [0.1, 0.15) is 0 Å². The van der Waals surface area contributed by atoms with Gasteiger partial charge in [-0.25, -0.2) is 0 Å². The van der Waals surface area contributed by atoms with Crippen LogP contribution in [0.3, 0.4) is 0 Å². The molecule has 0 heterocycles. The highest BCUT2D eigenvalue weighted by Gasteiger charge is 2.42. The van der Waals surface area contributed by atoms with Gasteiger partial charge in [0.15, 0.2) is 0 Å². The molecule has 1 aromatic rings. The summed E-state index contributed by atoms with van der Waals surface area (Å²) in [6, 6.07) is 4.83. The second-order valence-corrected chi connectivity index (χ2v) is 5.55. The monoisotopic (exact) mass is 317 g/mol. The summed E-state index contributed by atoms with van der Waals surface area (Å²) in [5, 5.41) is 9.24. The van der Waals surface area contributed by atoms with Crippen LogP contribution < -0.4 is 0 Å². The minimum absolute atomic E-state index is 0.169. The van der Waals surface area contributed by atoms with Gasteiger partial charge < -0.3 is 0 Å². The molecule has 0 atom stereocenters. The van der Waals surface area contributed by atoms with Crippen LogP contribution in [0.15, 0.2) is 16.6 Å². The van der Waals surface area contributed by atoms with Gasteiger partial charge >= 0.3 is 6.18 Å². The van der Waals surface area contributed by atoms with Crippen LogP contribution in [0.25, 0.3) is 0 Å². The fraction of sp³-hybridized carbons (Fsp3) is 0.462. The summed E-state index contributed by atoms with van der Waals surface area (Å²) < 4.78 is 38.6. The summed E-state index contributed by atoms with van der Waals surface area (Å²) in [7, 11) is 0. The topological polar surface area (TPSA) is 23.8 Å². The first-order valence-electron chi connectivity index (χ1n) is 5.59. The lowest BCUT2D eigenvalue weighted by atomic mass is 9.65. The lowest BCUT2D eigenvalue weighted by Crippen LogP contribution is -2.33. The highest BCUT2D eigenvalue weighted by molar-refractivity contribution is 9.10. The second kappa shape index (κ2) is 4.27. The first-order chi connectivity index (χ1) is 8.30. The van der Waals surface area contributed by atoms with E-state index in [4.69, 9.17) is 0 Å². The van der Waals surface area contributed by atoms with Crippen molar-refractivity contribution in [2.45, 2.75) is 37.8 Å². The van der Waals surface area contributed by atoms with Crippen LogP contribution in [-0.4, -0.2) is 0 Å². The largest absolute Gasteiger partial charge is 0.416 e. The predicted octanol–water partition coefficient (Wildman–Crippen LogP) is 4.72. The number of nitriles is 1. The third-order valence-corrected chi connectivity index (χ3v) is 4.21. The molecule has 0 unspecified atom stereocenters. The smallest absolute Gasteiger partial charge is 0.197 e. The summed E-state index contributed by atoms with van der Waals surface area (Å²) >= 11 is 3.17. The van der Waals surface area contributed by atoms with Gasteiger partial charge in [0.05, 0.1) is 17.0 Å². The Hall–Kier alpha value is -1.02. The fourth-order valence-corrected chi connectivity index (χ4v) is 3.05.